The van der Waals surface area contributed by atoms with Gasteiger partial charge in [-0.15, -0.1) is 0 Å². The SMILES string of the molecule is CCCCc1ccccc1C.[H+]. The van der Waals surface area contributed by atoms with Crippen molar-refractivity contribution in [2.45, 2.75) is 33.1 Å². The quantitative estimate of drug-likeness (QED) is 0.617. The van der Waals surface area contributed by atoms with Gasteiger partial charge in [0.2, 0.25) is 0 Å². The van der Waals surface area contributed by atoms with Gasteiger partial charge in [-0.25, -0.2) is 0 Å². The molecule has 0 N–H and O–H groups in total. The van der Waals surface area contributed by atoms with Crippen LogP contribution >= 0.6 is 0 Å². The summed E-state index contributed by atoms with van der Waals surface area (Å²) in [6.07, 6.45) is 3.84. The van der Waals surface area contributed by atoms with Gasteiger partial charge in [0.25, 0.3) is 0 Å². The van der Waals surface area contributed by atoms with Crippen LogP contribution in [0.2, 0.25) is 0 Å². The molecule has 0 bridgehead atoms. The van der Waals surface area contributed by atoms with Crippen molar-refractivity contribution in [2.24, 2.45) is 0 Å². The molecule has 0 atom stereocenters. The Labute approximate surface area is 70.7 Å². The third-order valence-electron chi connectivity index (χ3n) is 2.06. The summed E-state index contributed by atoms with van der Waals surface area (Å²) < 4.78 is 0. The maximum atomic E-state index is 2.23. The Morgan fingerprint density at radius 3 is 2.64 bits per heavy atom. The average Bonchev–Trinajstić information content (AvgIpc) is 2.03. The van der Waals surface area contributed by atoms with Crippen LogP contribution in [0.5, 0.6) is 0 Å². The minimum Gasteiger partial charge on any atom is -0.0654 e. The van der Waals surface area contributed by atoms with Crippen molar-refractivity contribution in [3.63, 3.8) is 0 Å². The molecule has 0 aromatic heterocycles. The molecule has 1 aromatic rings. The Hall–Kier alpha value is -0.780. The van der Waals surface area contributed by atoms with Gasteiger partial charge in [-0.2, -0.15) is 0 Å². The van der Waals surface area contributed by atoms with Gasteiger partial charge in [0, 0.05) is 0 Å². The van der Waals surface area contributed by atoms with Gasteiger partial charge in [0.05, 0.1) is 0 Å². The molecule has 0 saturated heterocycles. The number of hydrogen-bond acceptors (Lipinski definition) is 0. The number of benzene rings is 1. The summed E-state index contributed by atoms with van der Waals surface area (Å²) in [5, 5.41) is 0. The molecule has 0 amide bonds. The van der Waals surface area contributed by atoms with Crippen molar-refractivity contribution < 1.29 is 1.43 Å². The highest BCUT2D eigenvalue weighted by Crippen LogP contribution is 2.09. The summed E-state index contributed by atoms with van der Waals surface area (Å²) in [5.41, 5.74) is 2.94. The van der Waals surface area contributed by atoms with E-state index in [9.17, 15) is 0 Å². The Morgan fingerprint density at radius 1 is 1.27 bits per heavy atom. The smallest absolute Gasteiger partial charge is 0.0654 e. The van der Waals surface area contributed by atoms with E-state index in [0.717, 1.165) is 0 Å². The summed E-state index contributed by atoms with van der Waals surface area (Å²) >= 11 is 0. The van der Waals surface area contributed by atoms with Crippen molar-refractivity contribution >= 4 is 0 Å². The minimum atomic E-state index is 0. The molecule has 0 aliphatic carbocycles. The molecule has 1 rings (SSSR count). The Balaban J connectivity index is 0.00000121. The molecular formula is C11H17+. The molecule has 1 aromatic carbocycles. The standard InChI is InChI=1S/C11H16/c1-3-4-8-11-9-6-5-7-10(11)2/h5-7,9H,3-4,8H2,1-2H3/p+1. The molecule has 11 heavy (non-hydrogen) atoms. The summed E-state index contributed by atoms with van der Waals surface area (Å²) in [6, 6.07) is 8.64. The Bertz CT molecular complexity index is 218. The second kappa shape index (κ2) is 4.17. The lowest BCUT2D eigenvalue weighted by Gasteiger charge is -2.02. The van der Waals surface area contributed by atoms with Crippen LogP contribution in [-0.2, 0) is 6.42 Å². The first-order chi connectivity index (χ1) is 5.34. The topological polar surface area (TPSA) is 0 Å². The molecule has 0 spiro atoms. The van der Waals surface area contributed by atoms with Crippen LogP contribution in [0.4, 0.5) is 0 Å². The monoisotopic (exact) mass is 149 g/mol. The van der Waals surface area contributed by atoms with Crippen LogP contribution in [0, 0.1) is 6.92 Å². The van der Waals surface area contributed by atoms with Crippen LogP contribution in [-0.4, -0.2) is 0 Å². The van der Waals surface area contributed by atoms with Crippen molar-refractivity contribution in [3.05, 3.63) is 35.4 Å². The molecule has 0 aliphatic heterocycles. The zero-order chi connectivity index (χ0) is 8.10. The molecule has 0 unspecified atom stereocenters. The van der Waals surface area contributed by atoms with E-state index in [1.54, 1.807) is 0 Å². The molecule has 0 nitrogen and oxygen atoms in total. The molecule has 0 radical (unpaired) electrons. The van der Waals surface area contributed by atoms with Gasteiger partial charge < -0.3 is 0 Å². The molecule has 60 valence electrons. The van der Waals surface area contributed by atoms with Gasteiger partial charge in [-0.3, -0.25) is 0 Å². The van der Waals surface area contributed by atoms with Crippen molar-refractivity contribution in [1.29, 1.82) is 0 Å². The van der Waals surface area contributed by atoms with Crippen LogP contribution < -0.4 is 0 Å². The van der Waals surface area contributed by atoms with Crippen molar-refractivity contribution in [3.8, 4) is 0 Å². The van der Waals surface area contributed by atoms with E-state index < -0.39 is 0 Å². The normalized spacial score (nSPS) is 10.0. The predicted octanol–water partition coefficient (Wildman–Crippen LogP) is 3.45. The first kappa shape index (κ1) is 8.32. The number of aryl methyl sites for hydroxylation is 2. The van der Waals surface area contributed by atoms with E-state index in [0.29, 0.717) is 0 Å². The lowest BCUT2D eigenvalue weighted by atomic mass is 10.0. The Morgan fingerprint density at radius 2 is 2.00 bits per heavy atom. The second-order valence-corrected chi connectivity index (χ2v) is 3.03. The largest absolute Gasteiger partial charge is 1.00 e. The van der Waals surface area contributed by atoms with Gasteiger partial charge in [-0.05, 0) is 30.9 Å². The predicted molar refractivity (Wildman–Crippen MR) is 50.9 cm³/mol. The second-order valence-electron chi connectivity index (χ2n) is 3.03. The number of hydrogen-bond donors (Lipinski definition) is 0. The van der Waals surface area contributed by atoms with Crippen LogP contribution in [0.1, 0.15) is 32.3 Å². The van der Waals surface area contributed by atoms with E-state index in [2.05, 4.69) is 38.1 Å². The molecule has 0 aliphatic rings. The summed E-state index contributed by atoms with van der Waals surface area (Å²) in [7, 11) is 0. The Kier molecular flexibility index (Phi) is 3.15. The van der Waals surface area contributed by atoms with E-state index in [1.807, 2.05) is 0 Å². The van der Waals surface area contributed by atoms with Gasteiger partial charge in [-0.1, -0.05) is 37.6 Å². The number of unbranched alkanes of at least 4 members (excludes halogenated alkanes) is 1. The van der Waals surface area contributed by atoms with E-state index in [4.69, 9.17) is 0 Å². The van der Waals surface area contributed by atoms with E-state index >= 15 is 0 Å². The lowest BCUT2D eigenvalue weighted by Crippen LogP contribution is -1.87. The zero-order valence-electron chi connectivity index (χ0n) is 8.43. The van der Waals surface area contributed by atoms with Gasteiger partial charge >= 0.3 is 1.43 Å². The minimum absolute atomic E-state index is 0. The highest BCUT2D eigenvalue weighted by atomic mass is 14.0. The van der Waals surface area contributed by atoms with E-state index in [1.165, 1.54) is 30.4 Å². The molecule has 0 heterocycles. The maximum Gasteiger partial charge on any atom is 1.00 e. The lowest BCUT2D eigenvalue weighted by molar-refractivity contribution is 0.791. The fourth-order valence-electron chi connectivity index (χ4n) is 1.26. The van der Waals surface area contributed by atoms with Gasteiger partial charge in [0.1, 0.15) is 0 Å². The van der Waals surface area contributed by atoms with Crippen LogP contribution in [0.3, 0.4) is 0 Å². The molecule has 0 saturated carbocycles. The fraction of sp³-hybridized carbons (Fsp3) is 0.455. The zero-order valence-corrected chi connectivity index (χ0v) is 7.43. The number of rotatable bonds is 3. The summed E-state index contributed by atoms with van der Waals surface area (Å²) in [4.78, 5) is 0. The molecule has 0 heteroatoms. The first-order valence-electron chi connectivity index (χ1n) is 4.39. The van der Waals surface area contributed by atoms with E-state index in [-0.39, 0.29) is 1.43 Å². The van der Waals surface area contributed by atoms with Gasteiger partial charge in [0.15, 0.2) is 0 Å². The molecular weight excluding hydrogens is 132 g/mol. The first-order valence-corrected chi connectivity index (χ1v) is 4.39. The third-order valence-corrected chi connectivity index (χ3v) is 2.06. The summed E-state index contributed by atoms with van der Waals surface area (Å²) in [5.74, 6) is 0. The fourth-order valence-corrected chi connectivity index (χ4v) is 1.26. The average molecular weight is 149 g/mol. The van der Waals surface area contributed by atoms with Crippen molar-refractivity contribution in [1.82, 2.24) is 0 Å². The van der Waals surface area contributed by atoms with Crippen LogP contribution in [0.25, 0.3) is 0 Å². The van der Waals surface area contributed by atoms with Crippen LogP contribution in [0.15, 0.2) is 24.3 Å². The molecule has 0 fully saturated rings. The highest BCUT2D eigenvalue weighted by molar-refractivity contribution is 5.25. The summed E-state index contributed by atoms with van der Waals surface area (Å²) in [6.45, 7) is 4.42. The third kappa shape index (κ3) is 2.38. The highest BCUT2D eigenvalue weighted by Gasteiger charge is 1.94. The van der Waals surface area contributed by atoms with Crippen molar-refractivity contribution in [2.75, 3.05) is 0 Å². The maximum absolute atomic E-state index is 2.23.